The topological polar surface area (TPSA) is 52.3 Å². The van der Waals surface area contributed by atoms with Gasteiger partial charge in [-0.25, -0.2) is 0 Å². The van der Waals surface area contributed by atoms with Gasteiger partial charge in [-0.15, -0.1) is 12.8 Å². The van der Waals surface area contributed by atoms with Crippen molar-refractivity contribution in [2.45, 2.75) is 0 Å². The molecule has 0 aliphatic carbocycles. The summed E-state index contributed by atoms with van der Waals surface area (Å²) in [5.41, 5.74) is 4.84. The predicted octanol–water partition coefficient (Wildman–Crippen LogP) is 0.502. The quantitative estimate of drug-likeness (QED) is 0.326. The summed E-state index contributed by atoms with van der Waals surface area (Å²) in [6, 6.07) is 14.7. The smallest absolute Gasteiger partial charge is 0.0736 e. The zero-order valence-electron chi connectivity index (χ0n) is 16.0. The zero-order chi connectivity index (χ0) is 20.7. The molecule has 0 unspecified atom stereocenters. The third-order valence-corrected chi connectivity index (χ3v) is 5.06. The first-order valence-electron chi connectivity index (χ1n) is 9.33. The van der Waals surface area contributed by atoms with Gasteiger partial charge in [-0.05, 0) is 60.7 Å². The highest BCUT2D eigenvalue weighted by molar-refractivity contribution is 5.62. The van der Waals surface area contributed by atoms with Crippen LogP contribution in [0.3, 0.4) is 0 Å². The van der Waals surface area contributed by atoms with Crippen LogP contribution in [0.1, 0.15) is 33.9 Å². The van der Waals surface area contributed by atoms with E-state index < -0.39 is 0 Å². The highest BCUT2D eigenvalue weighted by Gasteiger charge is 2.12. The van der Waals surface area contributed by atoms with Crippen LogP contribution in [0.5, 0.6) is 0 Å². The van der Waals surface area contributed by atoms with Gasteiger partial charge in [0.25, 0.3) is 0 Å². The lowest BCUT2D eigenvalue weighted by Gasteiger charge is -1.95. The van der Waals surface area contributed by atoms with Crippen molar-refractivity contribution < 1.29 is 0 Å². The van der Waals surface area contributed by atoms with Gasteiger partial charge < -0.3 is 15.0 Å². The molecular formula is C26H16N4. The highest BCUT2D eigenvalue weighted by atomic mass is 14.9. The first-order valence-corrected chi connectivity index (χ1v) is 9.33. The summed E-state index contributed by atoms with van der Waals surface area (Å²) in [5.74, 6) is 5.44. The first kappa shape index (κ1) is 17.4. The number of aromatic nitrogens is 4. The number of nitrogens with zero attached hydrogens (tertiary/aromatic N) is 1. The Hall–Kier alpha value is -4.72. The molecule has 0 saturated carbocycles. The van der Waals surface area contributed by atoms with Gasteiger partial charge in [0.05, 0.1) is 21.8 Å². The Bertz CT molecular complexity index is 1560. The molecule has 0 radical (unpaired) electrons. The second kappa shape index (κ2) is 6.71. The second-order valence-corrected chi connectivity index (χ2v) is 6.96. The highest BCUT2D eigenvalue weighted by Crippen LogP contribution is 2.07. The summed E-state index contributed by atoms with van der Waals surface area (Å²) in [7, 11) is 0. The number of fused-ring (bicyclic) bond motifs is 8. The number of H-pyrrole nitrogens is 3. The van der Waals surface area contributed by atoms with Crippen molar-refractivity contribution in [2.24, 2.45) is 0 Å². The summed E-state index contributed by atoms with van der Waals surface area (Å²) >= 11 is 0. The number of nitrogens with one attached hydrogen (secondary N) is 3. The van der Waals surface area contributed by atoms with E-state index in [0.29, 0.717) is 21.8 Å². The lowest BCUT2D eigenvalue weighted by Crippen LogP contribution is -2.25. The van der Waals surface area contributed by atoms with Gasteiger partial charge in [0, 0.05) is 39.5 Å². The van der Waals surface area contributed by atoms with E-state index in [1.807, 2.05) is 60.7 Å². The molecule has 0 saturated heterocycles. The SMILES string of the molecule is C#Cc1c(C#C)c2n(C#C)c1=Cc1ccc([nH]1)C=c1ccc([nH]1)=Cc1ccc([nH]1)C=2. The van der Waals surface area contributed by atoms with E-state index in [2.05, 4.69) is 32.8 Å². The Labute approximate surface area is 173 Å². The normalized spacial score (nSPS) is 11.6. The fourth-order valence-electron chi connectivity index (χ4n) is 3.74. The maximum Gasteiger partial charge on any atom is 0.0736 e. The van der Waals surface area contributed by atoms with Crippen LogP contribution in [-0.4, -0.2) is 19.5 Å². The van der Waals surface area contributed by atoms with E-state index in [9.17, 15) is 0 Å². The lowest BCUT2D eigenvalue weighted by molar-refractivity contribution is 1.04. The minimum Gasteiger partial charge on any atom is -0.355 e. The Kier molecular flexibility index (Phi) is 3.89. The van der Waals surface area contributed by atoms with Crippen LogP contribution in [0.15, 0.2) is 36.4 Å². The van der Waals surface area contributed by atoms with Gasteiger partial charge in [-0.2, -0.15) is 0 Å². The van der Waals surface area contributed by atoms with Crippen LogP contribution in [0.4, 0.5) is 0 Å². The fraction of sp³-hybridized carbons (Fsp3) is 0. The molecule has 4 aromatic heterocycles. The summed E-state index contributed by atoms with van der Waals surface area (Å²) < 4.78 is 1.70. The molecule has 5 heterocycles. The number of aromatic amines is 3. The Morgan fingerprint density at radius 3 is 1.40 bits per heavy atom. The Balaban J connectivity index is 1.94. The van der Waals surface area contributed by atoms with E-state index in [1.54, 1.807) is 4.57 Å². The van der Waals surface area contributed by atoms with Crippen molar-refractivity contribution in [2.75, 3.05) is 0 Å². The molecule has 0 atom stereocenters. The average Bonchev–Trinajstić information content (AvgIpc) is 3.51. The molecule has 3 N–H and O–H groups in total. The minimum atomic E-state index is 0.595. The molecule has 0 spiro atoms. The van der Waals surface area contributed by atoms with Crippen molar-refractivity contribution in [1.29, 1.82) is 0 Å². The Morgan fingerprint density at radius 2 is 1.00 bits per heavy atom. The van der Waals surface area contributed by atoms with E-state index in [4.69, 9.17) is 19.3 Å². The zero-order valence-corrected chi connectivity index (χ0v) is 16.0. The van der Waals surface area contributed by atoms with Crippen molar-refractivity contribution in [3.05, 3.63) is 91.7 Å². The molecule has 140 valence electrons. The van der Waals surface area contributed by atoms with Gasteiger partial charge in [0.2, 0.25) is 0 Å². The Morgan fingerprint density at radius 1 is 0.567 bits per heavy atom. The van der Waals surface area contributed by atoms with E-state index >= 15 is 0 Å². The van der Waals surface area contributed by atoms with Gasteiger partial charge in [-0.1, -0.05) is 18.3 Å². The van der Waals surface area contributed by atoms with Crippen LogP contribution in [-0.2, 0) is 0 Å². The van der Waals surface area contributed by atoms with Gasteiger partial charge in [-0.3, -0.25) is 4.57 Å². The largest absolute Gasteiger partial charge is 0.355 e. The third kappa shape index (κ3) is 2.80. The minimum absolute atomic E-state index is 0.595. The fourth-order valence-corrected chi connectivity index (χ4v) is 3.74. The van der Waals surface area contributed by atoms with E-state index in [0.717, 1.165) is 33.5 Å². The standard InChI is InChI=1S/C26H16N4/c1-4-23-24(5-2)26-16-22-12-10-20(29-22)14-18-8-7-17(27-18)13-19-9-11-21(28-19)15-25(23)30(26)6-3/h1-3,7-16,27-29H. The van der Waals surface area contributed by atoms with Crippen LogP contribution < -0.4 is 21.4 Å². The molecule has 0 amide bonds. The maximum atomic E-state index is 5.87. The molecule has 1 aliphatic heterocycles. The van der Waals surface area contributed by atoms with E-state index in [1.165, 1.54) is 0 Å². The molecule has 30 heavy (non-hydrogen) atoms. The first-order chi connectivity index (χ1) is 14.7. The summed E-state index contributed by atoms with van der Waals surface area (Å²) in [6.45, 7) is 0. The number of hydrogen-bond acceptors (Lipinski definition) is 0. The summed E-state index contributed by atoms with van der Waals surface area (Å²) in [6.07, 6.45) is 25.4. The predicted molar refractivity (Wildman–Crippen MR) is 120 cm³/mol. The third-order valence-electron chi connectivity index (χ3n) is 5.06. The second-order valence-electron chi connectivity index (χ2n) is 6.96. The monoisotopic (exact) mass is 384 g/mol. The van der Waals surface area contributed by atoms with Crippen LogP contribution in [0, 0.1) is 37.2 Å². The average molecular weight is 384 g/mol. The number of terminal acetylenes is 3. The van der Waals surface area contributed by atoms with Gasteiger partial charge in [0.1, 0.15) is 0 Å². The van der Waals surface area contributed by atoms with Gasteiger partial charge >= 0.3 is 0 Å². The van der Waals surface area contributed by atoms with Crippen molar-refractivity contribution in [3.8, 4) is 37.2 Å². The molecule has 8 bridgehead atoms. The van der Waals surface area contributed by atoms with Crippen molar-refractivity contribution >= 4 is 24.3 Å². The molecule has 4 nitrogen and oxygen atoms in total. The molecular weight excluding hydrogens is 368 g/mol. The van der Waals surface area contributed by atoms with Gasteiger partial charge in [0.15, 0.2) is 0 Å². The van der Waals surface area contributed by atoms with Crippen molar-refractivity contribution in [3.63, 3.8) is 0 Å². The number of rotatable bonds is 0. The molecule has 0 fully saturated rings. The molecule has 0 aromatic carbocycles. The van der Waals surface area contributed by atoms with Crippen LogP contribution in [0.25, 0.3) is 24.3 Å². The molecule has 4 heteroatoms. The van der Waals surface area contributed by atoms with E-state index in [-0.39, 0.29) is 0 Å². The molecule has 5 rings (SSSR count). The summed E-state index contributed by atoms with van der Waals surface area (Å²) in [5, 5.41) is 3.38. The lowest BCUT2D eigenvalue weighted by atomic mass is 10.1. The molecule has 4 aromatic rings. The maximum absolute atomic E-state index is 5.87. The van der Waals surface area contributed by atoms with Crippen molar-refractivity contribution in [1.82, 2.24) is 19.5 Å². The summed E-state index contributed by atoms with van der Waals surface area (Å²) in [4.78, 5) is 10.1. The van der Waals surface area contributed by atoms with Crippen LogP contribution >= 0.6 is 0 Å². The molecule has 1 aliphatic rings. The van der Waals surface area contributed by atoms with Crippen LogP contribution in [0.2, 0.25) is 0 Å². The number of hydrogen-bond donors (Lipinski definition) is 3.